The highest BCUT2D eigenvalue weighted by Gasteiger charge is 2.47. The maximum atomic E-state index is 10.7. The van der Waals surface area contributed by atoms with Gasteiger partial charge in [-0.05, 0) is 33.3 Å². The Labute approximate surface area is 120 Å². The van der Waals surface area contributed by atoms with Crippen LogP contribution in [0.4, 0.5) is 0 Å². The maximum Gasteiger partial charge on any atom is 0.0889 e. The first-order chi connectivity index (χ1) is 9.27. The number of aliphatic hydroxyl groups excluding tert-OH is 1. The Kier molecular flexibility index (Phi) is 3.89. The molecule has 0 bridgehead atoms. The van der Waals surface area contributed by atoms with Crippen LogP contribution in [0, 0.1) is 5.92 Å². The smallest absolute Gasteiger partial charge is 0.0889 e. The molecule has 1 fully saturated rings. The summed E-state index contributed by atoms with van der Waals surface area (Å²) >= 11 is 0. The molecule has 1 aromatic rings. The van der Waals surface area contributed by atoms with E-state index < -0.39 is 6.10 Å². The van der Waals surface area contributed by atoms with Crippen LogP contribution < -0.4 is 5.32 Å². The third kappa shape index (κ3) is 2.86. The van der Waals surface area contributed by atoms with E-state index in [0.717, 1.165) is 5.56 Å². The normalized spacial score (nSPS) is 28.2. The van der Waals surface area contributed by atoms with E-state index >= 15 is 0 Å². The Morgan fingerprint density at radius 3 is 2.35 bits per heavy atom. The molecule has 0 unspecified atom stereocenters. The lowest BCUT2D eigenvalue weighted by Crippen LogP contribution is -2.64. The lowest BCUT2D eigenvalue weighted by Gasteiger charge is -2.49. The van der Waals surface area contributed by atoms with E-state index in [1.165, 1.54) is 0 Å². The third-order valence-corrected chi connectivity index (χ3v) is 4.01. The van der Waals surface area contributed by atoms with Crippen molar-refractivity contribution in [1.82, 2.24) is 5.32 Å². The van der Waals surface area contributed by atoms with Crippen LogP contribution in [0.2, 0.25) is 0 Å². The Morgan fingerprint density at radius 1 is 1.20 bits per heavy atom. The minimum Gasteiger partial charge on any atom is -0.411 e. The molecule has 20 heavy (non-hydrogen) atoms. The number of rotatable bonds is 2. The van der Waals surface area contributed by atoms with Gasteiger partial charge in [0.2, 0.25) is 0 Å². The number of piperidine rings is 1. The van der Waals surface area contributed by atoms with Crippen LogP contribution in [0.5, 0.6) is 0 Å². The zero-order valence-corrected chi connectivity index (χ0v) is 12.6. The minimum atomic E-state index is -0.694. The van der Waals surface area contributed by atoms with Gasteiger partial charge in [-0.25, -0.2) is 0 Å². The van der Waals surface area contributed by atoms with Gasteiger partial charge in [-0.2, -0.15) is 0 Å². The van der Waals surface area contributed by atoms with Gasteiger partial charge in [-0.1, -0.05) is 35.5 Å². The molecule has 0 aromatic heterocycles. The van der Waals surface area contributed by atoms with Crippen molar-refractivity contribution in [2.75, 3.05) is 0 Å². The predicted octanol–water partition coefficient (Wildman–Crippen LogP) is 2.72. The summed E-state index contributed by atoms with van der Waals surface area (Å²) in [6.45, 7) is 8.22. The minimum absolute atomic E-state index is 0.155. The highest BCUT2D eigenvalue weighted by molar-refractivity contribution is 5.90. The van der Waals surface area contributed by atoms with Crippen molar-refractivity contribution < 1.29 is 10.3 Å². The quantitative estimate of drug-likeness (QED) is 0.575. The molecule has 2 atom stereocenters. The first kappa shape index (κ1) is 15.0. The van der Waals surface area contributed by atoms with Crippen molar-refractivity contribution in [3.8, 4) is 0 Å². The van der Waals surface area contributed by atoms with Gasteiger partial charge >= 0.3 is 0 Å². The van der Waals surface area contributed by atoms with Gasteiger partial charge in [-0.3, -0.25) is 0 Å². The Hall–Kier alpha value is -1.39. The van der Waals surface area contributed by atoms with Crippen LogP contribution in [0.15, 0.2) is 35.5 Å². The summed E-state index contributed by atoms with van der Waals surface area (Å²) in [7, 11) is 0. The molecular formula is C16H24N2O2. The van der Waals surface area contributed by atoms with Gasteiger partial charge in [0.25, 0.3) is 0 Å². The summed E-state index contributed by atoms with van der Waals surface area (Å²) in [6.07, 6.45) is -0.0812. The van der Waals surface area contributed by atoms with E-state index in [4.69, 9.17) is 0 Å². The van der Waals surface area contributed by atoms with Gasteiger partial charge < -0.3 is 15.6 Å². The zero-order chi connectivity index (χ0) is 15.0. The monoisotopic (exact) mass is 276 g/mol. The second kappa shape index (κ2) is 5.19. The summed E-state index contributed by atoms with van der Waals surface area (Å²) < 4.78 is 0. The largest absolute Gasteiger partial charge is 0.411 e. The number of benzene rings is 1. The molecule has 1 aliphatic rings. The molecule has 1 heterocycles. The highest BCUT2D eigenvalue weighted by atomic mass is 16.4. The first-order valence-electron chi connectivity index (χ1n) is 7.00. The third-order valence-electron chi connectivity index (χ3n) is 4.01. The summed E-state index contributed by atoms with van der Waals surface area (Å²) in [6, 6.07) is 9.53. The summed E-state index contributed by atoms with van der Waals surface area (Å²) in [5, 5.41) is 27.1. The number of oxime groups is 1. The van der Waals surface area contributed by atoms with E-state index in [9.17, 15) is 10.3 Å². The van der Waals surface area contributed by atoms with Crippen molar-refractivity contribution in [3.63, 3.8) is 0 Å². The maximum absolute atomic E-state index is 10.7. The van der Waals surface area contributed by atoms with Gasteiger partial charge in [-0.15, -0.1) is 0 Å². The van der Waals surface area contributed by atoms with E-state index in [1.54, 1.807) is 0 Å². The zero-order valence-electron chi connectivity index (χ0n) is 12.6. The second-order valence-corrected chi connectivity index (χ2v) is 6.83. The lowest BCUT2D eigenvalue weighted by molar-refractivity contribution is 0.0629. The summed E-state index contributed by atoms with van der Waals surface area (Å²) in [5.74, 6) is -0.261. The Bertz CT molecular complexity index is 494. The van der Waals surface area contributed by atoms with Crippen molar-refractivity contribution >= 4 is 5.71 Å². The molecule has 0 saturated carbocycles. The molecule has 4 nitrogen and oxygen atoms in total. The van der Waals surface area contributed by atoms with Crippen LogP contribution in [0.1, 0.15) is 45.8 Å². The van der Waals surface area contributed by atoms with E-state index in [-0.39, 0.29) is 17.0 Å². The van der Waals surface area contributed by atoms with Gasteiger partial charge in [0.15, 0.2) is 0 Å². The molecular weight excluding hydrogens is 252 g/mol. The fraction of sp³-hybridized carbons (Fsp3) is 0.562. The summed E-state index contributed by atoms with van der Waals surface area (Å²) in [4.78, 5) is 0. The van der Waals surface area contributed by atoms with Crippen molar-refractivity contribution in [1.29, 1.82) is 0 Å². The predicted molar refractivity (Wildman–Crippen MR) is 80.0 cm³/mol. The summed E-state index contributed by atoms with van der Waals surface area (Å²) in [5.41, 5.74) is 0.972. The molecule has 2 rings (SSSR count). The number of hydrogen-bond donors (Lipinski definition) is 3. The highest BCUT2D eigenvalue weighted by Crippen LogP contribution is 2.39. The van der Waals surface area contributed by atoms with Gasteiger partial charge in [0.1, 0.15) is 0 Å². The first-order valence-corrected chi connectivity index (χ1v) is 7.00. The number of hydrogen-bond acceptors (Lipinski definition) is 4. The van der Waals surface area contributed by atoms with Crippen LogP contribution in [-0.4, -0.2) is 27.1 Å². The number of nitrogens with zero attached hydrogens (tertiary/aromatic N) is 1. The van der Waals surface area contributed by atoms with Crippen LogP contribution in [0.25, 0.3) is 0 Å². The van der Waals surface area contributed by atoms with Gasteiger partial charge in [0.05, 0.1) is 11.8 Å². The Balaban J connectivity index is 2.38. The molecule has 0 radical (unpaired) electrons. The molecule has 4 heteroatoms. The number of nitrogens with one attached hydrogen (secondary N) is 1. The molecule has 0 spiro atoms. The molecule has 110 valence electrons. The van der Waals surface area contributed by atoms with E-state index in [1.807, 2.05) is 44.2 Å². The lowest BCUT2D eigenvalue weighted by atomic mass is 9.69. The van der Waals surface area contributed by atoms with Crippen molar-refractivity contribution in [3.05, 3.63) is 35.9 Å². The van der Waals surface area contributed by atoms with Crippen LogP contribution in [-0.2, 0) is 0 Å². The van der Waals surface area contributed by atoms with E-state index in [0.29, 0.717) is 12.1 Å². The van der Waals surface area contributed by atoms with Crippen LogP contribution in [0.3, 0.4) is 0 Å². The standard InChI is InChI=1S/C16H24N2O2/c1-15(2)10-12(17-20)13(16(3,4)18-15)14(19)11-8-6-5-7-9-11/h5-9,13-14,18-20H,10H2,1-4H3/b17-12+/t13-,14-/m1/s1. The SMILES string of the molecule is CC1(C)C/C(=N\O)[C@H]([C@H](O)c2ccccc2)C(C)(C)N1. The number of aliphatic hydroxyl groups is 1. The average molecular weight is 276 g/mol. The van der Waals surface area contributed by atoms with Crippen LogP contribution >= 0.6 is 0 Å². The molecule has 1 saturated heterocycles. The average Bonchev–Trinajstić information content (AvgIpc) is 2.36. The molecule has 0 amide bonds. The van der Waals surface area contributed by atoms with Gasteiger partial charge in [0, 0.05) is 23.4 Å². The fourth-order valence-electron chi connectivity index (χ4n) is 3.49. The molecule has 1 aliphatic heterocycles. The molecule has 3 N–H and O–H groups in total. The van der Waals surface area contributed by atoms with Crippen molar-refractivity contribution in [2.45, 2.75) is 51.3 Å². The molecule has 1 aromatic carbocycles. The fourth-order valence-corrected chi connectivity index (χ4v) is 3.49. The Morgan fingerprint density at radius 2 is 1.80 bits per heavy atom. The van der Waals surface area contributed by atoms with E-state index in [2.05, 4.69) is 24.3 Å². The second-order valence-electron chi connectivity index (χ2n) is 6.83. The van der Waals surface area contributed by atoms with Crippen molar-refractivity contribution in [2.24, 2.45) is 11.1 Å². The molecule has 0 aliphatic carbocycles. The topological polar surface area (TPSA) is 64.9 Å².